The number of nitrogens with zero attached hydrogens (tertiary/aromatic N) is 5. The smallest absolute Gasteiger partial charge is 0.139 e. The predicted molar refractivity (Wildman–Crippen MR) is 168 cm³/mol. The van der Waals surface area contributed by atoms with E-state index in [0.29, 0.717) is 11.7 Å². The summed E-state index contributed by atoms with van der Waals surface area (Å²) in [7, 11) is 2.22. The van der Waals surface area contributed by atoms with Crippen molar-refractivity contribution in [3.05, 3.63) is 59.1 Å². The van der Waals surface area contributed by atoms with E-state index in [0.717, 1.165) is 63.0 Å². The van der Waals surface area contributed by atoms with Crippen LogP contribution in [0.15, 0.2) is 30.7 Å². The number of halogens is 1. The highest BCUT2D eigenvalue weighted by molar-refractivity contribution is 5.75. The van der Waals surface area contributed by atoms with Gasteiger partial charge in [0.1, 0.15) is 17.2 Å². The topological polar surface area (TPSA) is 53.7 Å². The Hall–Kier alpha value is -2.80. The molecule has 3 aromatic heterocycles. The summed E-state index contributed by atoms with van der Waals surface area (Å²) in [4.78, 5) is 23.7. The summed E-state index contributed by atoms with van der Waals surface area (Å²) < 4.78 is 15.3. The zero-order chi connectivity index (χ0) is 30.2. The van der Waals surface area contributed by atoms with Gasteiger partial charge in [0.25, 0.3) is 0 Å². The number of anilines is 1. The van der Waals surface area contributed by atoms with E-state index in [4.69, 9.17) is 0 Å². The lowest BCUT2D eigenvalue weighted by Gasteiger charge is -2.40. The first-order chi connectivity index (χ1) is 19.1. The van der Waals surface area contributed by atoms with Crippen LogP contribution in [0.1, 0.15) is 96.7 Å². The van der Waals surface area contributed by atoms with Gasteiger partial charge in [-0.2, -0.15) is 0 Å². The first-order valence-corrected chi connectivity index (χ1v) is 15.1. The lowest BCUT2D eigenvalue weighted by Crippen LogP contribution is -2.50. The van der Waals surface area contributed by atoms with E-state index in [1.165, 1.54) is 29.4 Å². The standard InChI is InChI=1S/C15H25N3.C11H13FN2.C5H10O.C2H6/c1-5-6-14-13(3)16-8-7-15(14)18-10-9-17(4)12(2)11-18;1-3-4-9-7-14-6-8(2)13-11(14)5-10(9)12;1-3-4-5(2)6;1-2/h7-8,12H,5-6,9-11H2,1-4H3;5-7H,3-4H2,1-2H3;3-4H2,1-2H3;1-2H3. The van der Waals surface area contributed by atoms with Crippen molar-refractivity contribution in [3.8, 4) is 0 Å². The van der Waals surface area contributed by atoms with E-state index in [9.17, 15) is 9.18 Å². The molecule has 4 heterocycles. The minimum Gasteiger partial charge on any atom is -0.368 e. The van der Waals surface area contributed by atoms with Gasteiger partial charge in [0.2, 0.25) is 0 Å². The van der Waals surface area contributed by atoms with Crippen LogP contribution in [0.25, 0.3) is 5.65 Å². The fraction of sp³-hybridized carbons (Fsp3) is 0.606. The summed E-state index contributed by atoms with van der Waals surface area (Å²) in [6.45, 7) is 21.6. The lowest BCUT2D eigenvalue weighted by molar-refractivity contribution is -0.117. The van der Waals surface area contributed by atoms with E-state index < -0.39 is 0 Å². The third-order valence-electron chi connectivity index (χ3n) is 6.91. The maximum absolute atomic E-state index is 13.5. The molecule has 1 unspecified atom stereocenters. The molecule has 0 aromatic carbocycles. The van der Waals surface area contributed by atoms with Gasteiger partial charge in [-0.05, 0) is 65.6 Å². The molecule has 7 heteroatoms. The van der Waals surface area contributed by atoms with E-state index in [1.54, 1.807) is 6.92 Å². The van der Waals surface area contributed by atoms with Crippen molar-refractivity contribution in [2.45, 2.75) is 107 Å². The largest absolute Gasteiger partial charge is 0.368 e. The van der Waals surface area contributed by atoms with Crippen LogP contribution in [-0.2, 0) is 17.6 Å². The number of hydrogen-bond donors (Lipinski definition) is 0. The molecular formula is C33H54FN5O. The zero-order valence-corrected chi connectivity index (χ0v) is 26.9. The van der Waals surface area contributed by atoms with Gasteiger partial charge in [-0.15, -0.1) is 0 Å². The van der Waals surface area contributed by atoms with E-state index in [1.807, 2.05) is 57.6 Å². The lowest BCUT2D eigenvalue weighted by atomic mass is 10.0. The highest BCUT2D eigenvalue weighted by atomic mass is 19.1. The van der Waals surface area contributed by atoms with Crippen LogP contribution in [-0.4, -0.2) is 57.8 Å². The molecule has 1 fully saturated rings. The summed E-state index contributed by atoms with van der Waals surface area (Å²) in [5, 5.41) is 0. The molecular weight excluding hydrogens is 501 g/mol. The molecule has 0 spiro atoms. The molecule has 1 aliphatic rings. The number of ketones is 1. The van der Waals surface area contributed by atoms with Gasteiger partial charge in [0, 0.05) is 73.7 Å². The number of imidazole rings is 1. The molecule has 0 aliphatic carbocycles. The quantitative estimate of drug-likeness (QED) is 0.300. The van der Waals surface area contributed by atoms with Gasteiger partial charge < -0.3 is 19.0 Å². The summed E-state index contributed by atoms with van der Waals surface area (Å²) in [5.41, 5.74) is 6.40. The molecule has 6 nitrogen and oxygen atoms in total. The molecule has 0 amide bonds. The van der Waals surface area contributed by atoms with Crippen LogP contribution < -0.4 is 4.90 Å². The first-order valence-electron chi connectivity index (χ1n) is 15.1. The SMILES string of the molecule is CC.CCCC(C)=O.CCCc1c(N2CCN(C)C(C)C2)ccnc1C.CCCc1cn2cc(C)nc2cc1F. The Kier molecular flexibility index (Phi) is 16.3. The summed E-state index contributed by atoms with van der Waals surface area (Å²) in [6.07, 6.45) is 11.5. The van der Waals surface area contributed by atoms with Crippen LogP contribution in [0.2, 0.25) is 0 Å². The zero-order valence-electron chi connectivity index (χ0n) is 26.9. The van der Waals surface area contributed by atoms with Gasteiger partial charge in [0.15, 0.2) is 0 Å². The van der Waals surface area contributed by atoms with Crippen molar-refractivity contribution in [3.63, 3.8) is 0 Å². The summed E-state index contributed by atoms with van der Waals surface area (Å²) >= 11 is 0. The average molecular weight is 556 g/mol. The number of fused-ring (bicyclic) bond motifs is 1. The highest BCUT2D eigenvalue weighted by Crippen LogP contribution is 2.26. The van der Waals surface area contributed by atoms with Crippen LogP contribution in [0.4, 0.5) is 10.1 Å². The molecule has 0 saturated carbocycles. The third-order valence-corrected chi connectivity index (χ3v) is 6.91. The molecule has 1 aliphatic heterocycles. The van der Waals surface area contributed by atoms with Gasteiger partial charge in [0.05, 0.1) is 5.69 Å². The van der Waals surface area contributed by atoms with Crippen molar-refractivity contribution < 1.29 is 9.18 Å². The molecule has 1 atom stereocenters. The minimum absolute atomic E-state index is 0.148. The van der Waals surface area contributed by atoms with Crippen LogP contribution in [0.5, 0.6) is 0 Å². The molecule has 224 valence electrons. The number of likely N-dealkylation sites (N-methyl/N-ethyl adjacent to an activating group) is 1. The molecule has 4 rings (SSSR count). The maximum atomic E-state index is 13.5. The Balaban J connectivity index is 0.000000323. The number of rotatable bonds is 7. The van der Waals surface area contributed by atoms with E-state index >= 15 is 0 Å². The molecule has 3 aromatic rings. The first kappa shape index (κ1) is 35.2. The maximum Gasteiger partial charge on any atom is 0.139 e. The normalized spacial score (nSPS) is 14.9. The van der Waals surface area contributed by atoms with Gasteiger partial charge >= 0.3 is 0 Å². The Morgan fingerprint density at radius 2 is 1.73 bits per heavy atom. The number of piperazine rings is 1. The number of carbonyl (C=O) groups is 1. The van der Waals surface area contributed by atoms with E-state index in [2.05, 4.69) is 53.7 Å². The minimum atomic E-state index is -0.148. The van der Waals surface area contributed by atoms with Gasteiger partial charge in [-0.3, -0.25) is 4.98 Å². The van der Waals surface area contributed by atoms with Crippen molar-refractivity contribution in [2.75, 3.05) is 31.6 Å². The number of carbonyl (C=O) groups excluding carboxylic acids is 1. The highest BCUT2D eigenvalue weighted by Gasteiger charge is 2.22. The van der Waals surface area contributed by atoms with Crippen molar-refractivity contribution in [1.82, 2.24) is 19.3 Å². The van der Waals surface area contributed by atoms with Crippen molar-refractivity contribution in [2.24, 2.45) is 0 Å². The Morgan fingerprint density at radius 3 is 2.27 bits per heavy atom. The fourth-order valence-electron chi connectivity index (χ4n) is 4.69. The number of hydrogen-bond acceptors (Lipinski definition) is 5. The second-order valence-corrected chi connectivity index (χ2v) is 10.4. The monoisotopic (exact) mass is 555 g/mol. The van der Waals surface area contributed by atoms with Crippen molar-refractivity contribution in [1.29, 1.82) is 0 Å². The number of Topliss-reactive ketones (excluding diaryl/α,β-unsaturated/α-hetero) is 1. The van der Waals surface area contributed by atoms with Crippen LogP contribution >= 0.6 is 0 Å². The average Bonchev–Trinajstić information content (AvgIpc) is 3.28. The van der Waals surface area contributed by atoms with Crippen molar-refractivity contribution >= 4 is 17.1 Å². The molecule has 0 radical (unpaired) electrons. The van der Waals surface area contributed by atoms with Gasteiger partial charge in [-0.25, -0.2) is 9.37 Å². The summed E-state index contributed by atoms with van der Waals surface area (Å²) in [5.74, 6) is 0.141. The number of aromatic nitrogens is 3. The molecule has 1 saturated heterocycles. The van der Waals surface area contributed by atoms with Gasteiger partial charge in [-0.1, -0.05) is 47.5 Å². The Labute approximate surface area is 243 Å². The molecule has 40 heavy (non-hydrogen) atoms. The second-order valence-electron chi connectivity index (χ2n) is 10.4. The number of aryl methyl sites for hydroxylation is 3. The van der Waals surface area contributed by atoms with Crippen LogP contribution in [0.3, 0.4) is 0 Å². The molecule has 0 bridgehead atoms. The summed E-state index contributed by atoms with van der Waals surface area (Å²) in [6, 6.07) is 4.32. The predicted octanol–water partition coefficient (Wildman–Crippen LogP) is 7.62. The van der Waals surface area contributed by atoms with E-state index in [-0.39, 0.29) is 11.6 Å². The van der Waals surface area contributed by atoms with Crippen LogP contribution in [0, 0.1) is 19.7 Å². The second kappa shape index (κ2) is 18.5. The fourth-order valence-corrected chi connectivity index (χ4v) is 4.69. The third kappa shape index (κ3) is 11.0. The molecule has 0 N–H and O–H groups in total. The Morgan fingerprint density at radius 1 is 1.05 bits per heavy atom. The number of pyridine rings is 2. The Bertz CT molecular complexity index is 1160.